The molecule has 0 spiro atoms. The van der Waals surface area contributed by atoms with Gasteiger partial charge in [0.05, 0.1) is 19.4 Å². The minimum atomic E-state index is 0.0641. The van der Waals surface area contributed by atoms with E-state index in [9.17, 15) is 0 Å². The van der Waals surface area contributed by atoms with Gasteiger partial charge in [-0.05, 0) is 56.2 Å². The molecule has 0 bridgehead atoms. The summed E-state index contributed by atoms with van der Waals surface area (Å²) in [5, 5.41) is 11.5. The Hall–Kier alpha value is -2.15. The van der Waals surface area contributed by atoms with Crippen LogP contribution in [0.4, 0.5) is 0 Å². The number of hydrogen-bond acceptors (Lipinski definition) is 5. The maximum Gasteiger partial charge on any atom is 0.216 e. The van der Waals surface area contributed by atoms with E-state index in [1.54, 1.807) is 18.0 Å². The average Bonchev–Trinajstić information content (AvgIpc) is 2.90. The van der Waals surface area contributed by atoms with Gasteiger partial charge in [0, 0.05) is 6.42 Å². The molecule has 130 valence electrons. The molecule has 0 fully saturated rings. The molecule has 2 rings (SSSR count). The number of aryl methyl sites for hydroxylation is 1. The van der Waals surface area contributed by atoms with Crippen molar-refractivity contribution in [1.82, 2.24) is 14.9 Å². The fraction of sp³-hybridized carbons (Fsp3) is 0.471. The van der Waals surface area contributed by atoms with E-state index in [-0.39, 0.29) is 6.10 Å². The molecule has 0 saturated heterocycles. The lowest BCUT2D eigenvalue weighted by molar-refractivity contribution is 0.230. The van der Waals surface area contributed by atoms with Crippen LogP contribution in [0, 0.1) is 4.77 Å². The minimum Gasteiger partial charge on any atom is -0.493 e. The summed E-state index contributed by atoms with van der Waals surface area (Å²) in [4.78, 5) is 0. The molecule has 1 heterocycles. The Morgan fingerprint density at radius 1 is 1.38 bits per heavy atom. The molecule has 1 aromatic carbocycles. The predicted molar refractivity (Wildman–Crippen MR) is 97.8 cm³/mol. The fourth-order valence-electron chi connectivity index (χ4n) is 2.18. The van der Waals surface area contributed by atoms with Crippen molar-refractivity contribution in [3.05, 3.63) is 34.4 Å². The lowest BCUT2D eigenvalue weighted by atomic mass is 10.2. The number of H-pyrrole nitrogens is 1. The van der Waals surface area contributed by atoms with Crippen molar-refractivity contribution in [3.8, 4) is 11.5 Å². The Balaban J connectivity index is 2.26. The number of methoxy groups -OCH3 is 1. The number of nitrogens with zero attached hydrogens (tertiary/aromatic N) is 3. The number of aromatic nitrogens is 3. The van der Waals surface area contributed by atoms with Crippen molar-refractivity contribution in [3.63, 3.8) is 0 Å². The van der Waals surface area contributed by atoms with E-state index in [2.05, 4.69) is 22.2 Å². The van der Waals surface area contributed by atoms with Crippen molar-refractivity contribution in [1.29, 1.82) is 0 Å². The quantitative estimate of drug-likeness (QED) is 0.579. The summed E-state index contributed by atoms with van der Waals surface area (Å²) in [6.45, 7) is 6.10. The van der Waals surface area contributed by atoms with Gasteiger partial charge >= 0.3 is 0 Å². The van der Waals surface area contributed by atoms with Gasteiger partial charge in [-0.3, -0.25) is 5.10 Å². The first-order chi connectivity index (χ1) is 11.5. The van der Waals surface area contributed by atoms with Crippen LogP contribution in [0.3, 0.4) is 0 Å². The standard InChI is InChI=1S/C17H24N4O2S/c1-5-6-7-16-19-20-17(24)21(16)18-11-13-8-9-14(22-4)15(10-13)23-12(2)3/h8-12H,5-7H2,1-4H3,(H,20,24)/b18-11-. The molecule has 0 unspecified atom stereocenters. The minimum absolute atomic E-state index is 0.0641. The molecule has 0 amide bonds. The highest BCUT2D eigenvalue weighted by molar-refractivity contribution is 7.71. The van der Waals surface area contributed by atoms with Crippen molar-refractivity contribution >= 4 is 18.4 Å². The van der Waals surface area contributed by atoms with Crippen LogP contribution >= 0.6 is 12.2 Å². The SMILES string of the molecule is CCCCc1n[nH]c(=S)n1/N=C\c1ccc(OC)c(OC(C)C)c1. The molecule has 0 saturated carbocycles. The van der Waals surface area contributed by atoms with E-state index in [4.69, 9.17) is 21.7 Å². The van der Waals surface area contributed by atoms with Crippen LogP contribution in [0.25, 0.3) is 0 Å². The number of unbranched alkanes of at least 4 members (excludes halogenated alkanes) is 1. The maximum atomic E-state index is 5.78. The van der Waals surface area contributed by atoms with Gasteiger partial charge in [0.2, 0.25) is 4.77 Å². The third kappa shape index (κ3) is 4.67. The molecule has 24 heavy (non-hydrogen) atoms. The zero-order valence-corrected chi connectivity index (χ0v) is 15.4. The second-order valence-corrected chi connectivity index (χ2v) is 6.07. The molecule has 1 N–H and O–H groups in total. The molecule has 0 aliphatic heterocycles. The van der Waals surface area contributed by atoms with Crippen LogP contribution in [0.1, 0.15) is 45.0 Å². The molecule has 0 aliphatic rings. The molecule has 0 radical (unpaired) electrons. The third-order valence-corrected chi connectivity index (χ3v) is 3.61. The third-order valence-electron chi connectivity index (χ3n) is 3.34. The summed E-state index contributed by atoms with van der Waals surface area (Å²) in [6, 6.07) is 5.69. The first kappa shape index (κ1) is 18.2. The molecular weight excluding hydrogens is 324 g/mol. The second kappa shape index (κ2) is 8.63. The number of hydrogen-bond donors (Lipinski definition) is 1. The number of aromatic amines is 1. The van der Waals surface area contributed by atoms with E-state index in [0.717, 1.165) is 30.7 Å². The Bertz CT molecular complexity index is 749. The van der Waals surface area contributed by atoms with Crippen molar-refractivity contribution in [2.45, 2.75) is 46.1 Å². The number of ether oxygens (including phenoxy) is 2. The molecule has 0 atom stereocenters. The molecular formula is C17H24N4O2S. The molecule has 6 nitrogen and oxygen atoms in total. The van der Waals surface area contributed by atoms with Crippen LogP contribution in [0.2, 0.25) is 0 Å². The van der Waals surface area contributed by atoms with E-state index in [1.807, 2.05) is 32.0 Å². The topological polar surface area (TPSA) is 64.4 Å². The molecule has 2 aromatic rings. The normalized spacial score (nSPS) is 11.4. The smallest absolute Gasteiger partial charge is 0.216 e. The van der Waals surface area contributed by atoms with Crippen molar-refractivity contribution < 1.29 is 9.47 Å². The lowest BCUT2D eigenvalue weighted by Gasteiger charge is -2.13. The van der Waals surface area contributed by atoms with Crippen LogP contribution in [0.5, 0.6) is 11.5 Å². The lowest BCUT2D eigenvalue weighted by Crippen LogP contribution is -2.07. The Kier molecular flexibility index (Phi) is 6.54. The van der Waals surface area contributed by atoms with E-state index < -0.39 is 0 Å². The van der Waals surface area contributed by atoms with Gasteiger partial charge in [0.1, 0.15) is 0 Å². The van der Waals surface area contributed by atoms with Crippen molar-refractivity contribution in [2.75, 3.05) is 7.11 Å². The van der Waals surface area contributed by atoms with Gasteiger partial charge in [0.25, 0.3) is 0 Å². The van der Waals surface area contributed by atoms with Gasteiger partial charge in [-0.15, -0.1) is 0 Å². The van der Waals surface area contributed by atoms with Gasteiger partial charge in [-0.2, -0.15) is 14.9 Å². The predicted octanol–water partition coefficient (Wildman–Crippen LogP) is 3.96. The Labute approximate surface area is 147 Å². The summed E-state index contributed by atoms with van der Waals surface area (Å²) >= 11 is 5.25. The van der Waals surface area contributed by atoms with Crippen molar-refractivity contribution in [2.24, 2.45) is 5.10 Å². The molecule has 0 aliphatic carbocycles. The summed E-state index contributed by atoms with van der Waals surface area (Å²) in [5.41, 5.74) is 0.899. The van der Waals surface area contributed by atoms with E-state index in [0.29, 0.717) is 16.3 Å². The zero-order chi connectivity index (χ0) is 17.5. The molecule has 7 heteroatoms. The van der Waals surface area contributed by atoms with E-state index in [1.165, 1.54) is 0 Å². The van der Waals surface area contributed by atoms with Crippen LogP contribution in [0.15, 0.2) is 23.3 Å². The fourth-order valence-corrected chi connectivity index (χ4v) is 2.38. The average molecular weight is 348 g/mol. The highest BCUT2D eigenvalue weighted by Gasteiger charge is 2.08. The van der Waals surface area contributed by atoms with Gasteiger partial charge in [-0.25, -0.2) is 0 Å². The molecule has 1 aromatic heterocycles. The van der Waals surface area contributed by atoms with Crippen LogP contribution < -0.4 is 9.47 Å². The summed E-state index contributed by atoms with van der Waals surface area (Å²) < 4.78 is 13.3. The highest BCUT2D eigenvalue weighted by Crippen LogP contribution is 2.28. The first-order valence-corrected chi connectivity index (χ1v) is 8.51. The maximum absolute atomic E-state index is 5.78. The Morgan fingerprint density at radius 2 is 2.17 bits per heavy atom. The summed E-state index contributed by atoms with van der Waals surface area (Å²) in [7, 11) is 1.63. The van der Waals surface area contributed by atoms with Gasteiger partial charge < -0.3 is 9.47 Å². The zero-order valence-electron chi connectivity index (χ0n) is 14.6. The largest absolute Gasteiger partial charge is 0.493 e. The van der Waals surface area contributed by atoms with Gasteiger partial charge in [-0.1, -0.05) is 13.3 Å². The summed E-state index contributed by atoms with van der Waals surface area (Å²) in [5.74, 6) is 2.23. The number of benzene rings is 1. The first-order valence-electron chi connectivity index (χ1n) is 8.10. The number of nitrogens with one attached hydrogen (secondary N) is 1. The van der Waals surface area contributed by atoms with E-state index >= 15 is 0 Å². The van der Waals surface area contributed by atoms with Crippen LogP contribution in [-0.2, 0) is 6.42 Å². The van der Waals surface area contributed by atoms with Gasteiger partial charge in [0.15, 0.2) is 17.3 Å². The van der Waals surface area contributed by atoms with Crippen LogP contribution in [-0.4, -0.2) is 34.3 Å². The second-order valence-electron chi connectivity index (χ2n) is 5.68. The number of rotatable bonds is 8. The Morgan fingerprint density at radius 3 is 2.83 bits per heavy atom. The monoisotopic (exact) mass is 348 g/mol. The highest BCUT2D eigenvalue weighted by atomic mass is 32.1. The summed E-state index contributed by atoms with van der Waals surface area (Å²) in [6.07, 6.45) is 4.79.